The average molecular weight is 337 g/mol. The molecule has 2 aromatic carbocycles. The Morgan fingerprint density at radius 2 is 1.87 bits per heavy atom. The fourth-order valence-electron chi connectivity index (χ4n) is 1.79. The van der Waals surface area contributed by atoms with Crippen LogP contribution in [-0.2, 0) is 0 Å². The highest BCUT2D eigenvalue weighted by atomic mass is 35.5. The second-order valence-electron chi connectivity index (χ2n) is 4.41. The number of carbonyl (C=O) groups excluding carboxylic acids is 1. The molecule has 0 radical (unpaired) electrons. The number of benzene rings is 2. The van der Waals surface area contributed by atoms with Crippen LogP contribution in [0, 0.1) is 10.1 Å². The van der Waals surface area contributed by atoms with Gasteiger partial charge in [0.1, 0.15) is 16.3 Å². The highest BCUT2D eigenvalue weighted by molar-refractivity contribution is 6.32. The molecule has 8 nitrogen and oxygen atoms in total. The van der Waals surface area contributed by atoms with E-state index in [1.165, 1.54) is 18.2 Å². The third-order valence-corrected chi connectivity index (χ3v) is 3.21. The Morgan fingerprint density at radius 3 is 2.43 bits per heavy atom. The van der Waals surface area contributed by atoms with E-state index in [-0.39, 0.29) is 21.8 Å². The van der Waals surface area contributed by atoms with Gasteiger partial charge in [-0.05, 0) is 24.3 Å². The predicted molar refractivity (Wildman–Crippen MR) is 81.1 cm³/mol. The number of nitro benzene ring substituents is 1. The van der Waals surface area contributed by atoms with Crippen molar-refractivity contribution in [1.29, 1.82) is 0 Å². The van der Waals surface area contributed by atoms with Gasteiger partial charge in [-0.15, -0.1) is 0 Å². The van der Waals surface area contributed by atoms with Crippen molar-refractivity contribution in [2.75, 3.05) is 5.32 Å². The van der Waals surface area contributed by atoms with Crippen molar-refractivity contribution < 1.29 is 24.7 Å². The zero-order valence-electron chi connectivity index (χ0n) is 11.3. The molecule has 0 aliphatic carbocycles. The number of hydrogen-bond acceptors (Lipinski definition) is 5. The number of phenols is 1. The third kappa shape index (κ3) is 3.55. The molecule has 3 N–H and O–H groups in total. The minimum atomic E-state index is -1.31. The van der Waals surface area contributed by atoms with Gasteiger partial charge >= 0.3 is 5.97 Å². The Kier molecular flexibility index (Phi) is 4.47. The molecule has 23 heavy (non-hydrogen) atoms. The lowest BCUT2D eigenvalue weighted by Gasteiger charge is -2.07. The lowest BCUT2D eigenvalue weighted by Crippen LogP contribution is -2.12. The van der Waals surface area contributed by atoms with Crippen molar-refractivity contribution in [3.8, 4) is 5.75 Å². The molecule has 0 atom stereocenters. The quantitative estimate of drug-likeness (QED) is 0.581. The highest BCUT2D eigenvalue weighted by Gasteiger charge is 2.17. The van der Waals surface area contributed by atoms with E-state index >= 15 is 0 Å². The number of nitrogens with one attached hydrogen (secondary N) is 1. The normalized spacial score (nSPS) is 10.1. The van der Waals surface area contributed by atoms with Crippen molar-refractivity contribution in [3.05, 3.63) is 62.7 Å². The van der Waals surface area contributed by atoms with E-state index in [0.717, 1.165) is 18.2 Å². The molecule has 0 bridgehead atoms. The lowest BCUT2D eigenvalue weighted by atomic mass is 10.1. The minimum Gasteiger partial charge on any atom is -0.507 e. The summed E-state index contributed by atoms with van der Waals surface area (Å²) in [5.41, 5.74) is -0.605. The topological polar surface area (TPSA) is 130 Å². The van der Waals surface area contributed by atoms with E-state index in [1.807, 2.05) is 0 Å². The van der Waals surface area contributed by atoms with E-state index in [0.29, 0.717) is 0 Å². The van der Waals surface area contributed by atoms with E-state index < -0.39 is 28.2 Å². The zero-order valence-corrected chi connectivity index (χ0v) is 12.1. The van der Waals surface area contributed by atoms with Crippen LogP contribution in [0.2, 0.25) is 5.02 Å². The molecule has 2 aromatic rings. The Balaban J connectivity index is 2.26. The number of carboxylic acid groups (broad SMARTS) is 1. The van der Waals surface area contributed by atoms with Crippen LogP contribution < -0.4 is 5.32 Å². The van der Waals surface area contributed by atoms with E-state index in [4.69, 9.17) is 16.7 Å². The number of aromatic carboxylic acids is 1. The van der Waals surface area contributed by atoms with Crippen LogP contribution in [0.15, 0.2) is 36.4 Å². The maximum absolute atomic E-state index is 12.1. The SMILES string of the molecule is O=C(Nc1ccc(C(=O)O)c(O)c1)c1ccc(Cl)c([N+](=O)[O-])c1. The second kappa shape index (κ2) is 6.32. The number of nitro groups is 1. The fraction of sp³-hybridized carbons (Fsp3) is 0. The second-order valence-corrected chi connectivity index (χ2v) is 4.82. The van der Waals surface area contributed by atoms with Gasteiger partial charge in [-0.1, -0.05) is 11.6 Å². The van der Waals surface area contributed by atoms with Gasteiger partial charge in [0.15, 0.2) is 0 Å². The van der Waals surface area contributed by atoms with Gasteiger partial charge in [0.2, 0.25) is 0 Å². The predicted octanol–water partition coefficient (Wildman–Crippen LogP) is 2.90. The van der Waals surface area contributed by atoms with E-state index in [2.05, 4.69) is 5.32 Å². The molecule has 0 heterocycles. The van der Waals surface area contributed by atoms with Crippen molar-refractivity contribution in [1.82, 2.24) is 0 Å². The Labute approximate surface area is 134 Å². The van der Waals surface area contributed by atoms with Gasteiger partial charge in [-0.2, -0.15) is 0 Å². The highest BCUT2D eigenvalue weighted by Crippen LogP contribution is 2.26. The summed E-state index contributed by atoms with van der Waals surface area (Å²) < 4.78 is 0. The molecule has 1 amide bonds. The average Bonchev–Trinajstić information content (AvgIpc) is 2.46. The molecule has 118 valence electrons. The third-order valence-electron chi connectivity index (χ3n) is 2.89. The number of carboxylic acids is 1. The minimum absolute atomic E-state index is 0.0112. The van der Waals surface area contributed by atoms with Crippen molar-refractivity contribution in [3.63, 3.8) is 0 Å². The molecular weight excluding hydrogens is 328 g/mol. The largest absolute Gasteiger partial charge is 0.507 e. The molecule has 0 fully saturated rings. The molecule has 9 heteroatoms. The van der Waals surface area contributed by atoms with E-state index in [9.17, 15) is 24.8 Å². The van der Waals surface area contributed by atoms with Gasteiger partial charge in [0.05, 0.1) is 4.92 Å². The maximum Gasteiger partial charge on any atom is 0.339 e. The van der Waals surface area contributed by atoms with Crippen LogP contribution in [0.1, 0.15) is 20.7 Å². The number of aromatic hydroxyl groups is 1. The number of amides is 1. The Bertz CT molecular complexity index is 821. The molecule has 0 unspecified atom stereocenters. The first-order chi connectivity index (χ1) is 10.8. The zero-order chi connectivity index (χ0) is 17.1. The summed E-state index contributed by atoms with van der Waals surface area (Å²) in [6, 6.07) is 7.01. The molecule has 0 aromatic heterocycles. The Morgan fingerprint density at radius 1 is 1.17 bits per heavy atom. The Hall–Kier alpha value is -3.13. The molecule has 0 saturated heterocycles. The van der Waals surface area contributed by atoms with Crippen LogP contribution in [-0.4, -0.2) is 27.0 Å². The van der Waals surface area contributed by atoms with Crippen molar-refractivity contribution in [2.24, 2.45) is 0 Å². The van der Waals surface area contributed by atoms with Crippen LogP contribution >= 0.6 is 11.6 Å². The van der Waals surface area contributed by atoms with Crippen molar-refractivity contribution >= 4 is 34.9 Å². The van der Waals surface area contributed by atoms with Crippen LogP contribution in [0.3, 0.4) is 0 Å². The number of carbonyl (C=O) groups is 2. The van der Waals surface area contributed by atoms with Gasteiger partial charge in [0.25, 0.3) is 11.6 Å². The smallest absolute Gasteiger partial charge is 0.339 e. The molecular formula is C14H9ClN2O6. The number of halogens is 1. The molecule has 2 rings (SSSR count). The first-order valence-corrected chi connectivity index (χ1v) is 6.49. The van der Waals surface area contributed by atoms with Crippen LogP contribution in [0.5, 0.6) is 5.75 Å². The van der Waals surface area contributed by atoms with Crippen LogP contribution in [0.4, 0.5) is 11.4 Å². The number of anilines is 1. The fourth-order valence-corrected chi connectivity index (χ4v) is 1.97. The first kappa shape index (κ1) is 16.2. The van der Waals surface area contributed by atoms with Crippen LogP contribution in [0.25, 0.3) is 0 Å². The molecule has 0 aliphatic rings. The van der Waals surface area contributed by atoms with Gasteiger partial charge in [-0.3, -0.25) is 14.9 Å². The summed E-state index contributed by atoms with van der Waals surface area (Å²) in [6.07, 6.45) is 0. The summed E-state index contributed by atoms with van der Waals surface area (Å²) in [5.74, 6) is -2.50. The van der Waals surface area contributed by atoms with Gasteiger partial charge < -0.3 is 15.5 Å². The number of hydrogen-bond donors (Lipinski definition) is 3. The molecule has 0 aliphatic heterocycles. The van der Waals surface area contributed by atoms with Crippen molar-refractivity contribution in [2.45, 2.75) is 0 Å². The van der Waals surface area contributed by atoms with E-state index in [1.54, 1.807) is 0 Å². The number of nitrogens with zero attached hydrogens (tertiary/aromatic N) is 1. The summed E-state index contributed by atoms with van der Waals surface area (Å²) in [6.45, 7) is 0. The molecule has 0 spiro atoms. The summed E-state index contributed by atoms with van der Waals surface area (Å²) >= 11 is 5.66. The van der Waals surface area contributed by atoms with Gasteiger partial charge in [0, 0.05) is 23.4 Å². The standard InChI is InChI=1S/C14H9ClN2O6/c15-10-4-1-7(5-11(10)17(22)23)13(19)16-8-2-3-9(14(20)21)12(18)6-8/h1-6,18H,(H,16,19)(H,20,21). The first-order valence-electron chi connectivity index (χ1n) is 6.11. The van der Waals surface area contributed by atoms with Gasteiger partial charge in [-0.25, -0.2) is 4.79 Å². The maximum atomic E-state index is 12.1. The summed E-state index contributed by atoms with van der Waals surface area (Å²) in [5, 5.41) is 31.5. The number of rotatable bonds is 4. The lowest BCUT2D eigenvalue weighted by molar-refractivity contribution is -0.384. The monoisotopic (exact) mass is 336 g/mol. The molecule has 0 saturated carbocycles. The summed E-state index contributed by atoms with van der Waals surface area (Å²) in [4.78, 5) is 32.9. The summed E-state index contributed by atoms with van der Waals surface area (Å²) in [7, 11) is 0.